The first-order valence-electron chi connectivity index (χ1n) is 8.46. The van der Waals surface area contributed by atoms with Gasteiger partial charge in [0.1, 0.15) is 5.82 Å². The van der Waals surface area contributed by atoms with Gasteiger partial charge in [-0.2, -0.15) is 4.98 Å². The second-order valence-corrected chi connectivity index (χ2v) is 6.40. The Bertz CT molecular complexity index is 716. The van der Waals surface area contributed by atoms with Gasteiger partial charge in [-0.3, -0.25) is 4.79 Å². The summed E-state index contributed by atoms with van der Waals surface area (Å²) >= 11 is 0. The summed E-state index contributed by atoms with van der Waals surface area (Å²) in [7, 11) is 0. The minimum atomic E-state index is -0.332. The van der Waals surface area contributed by atoms with Gasteiger partial charge in [-0.05, 0) is 31.4 Å². The molecule has 1 aliphatic rings. The highest BCUT2D eigenvalue weighted by atomic mass is 19.1. The first-order chi connectivity index (χ1) is 11.6. The van der Waals surface area contributed by atoms with Crippen molar-refractivity contribution in [3.8, 4) is 11.4 Å². The van der Waals surface area contributed by atoms with Gasteiger partial charge in [0.25, 0.3) is 0 Å². The van der Waals surface area contributed by atoms with Crippen molar-refractivity contribution >= 4 is 5.91 Å². The van der Waals surface area contributed by atoms with Crippen molar-refractivity contribution in [2.45, 2.75) is 39.0 Å². The molecule has 1 aromatic heterocycles. The number of piperidine rings is 1. The summed E-state index contributed by atoms with van der Waals surface area (Å²) in [6.07, 6.45) is 2.67. The molecule has 0 N–H and O–H groups in total. The Morgan fingerprint density at radius 1 is 1.50 bits per heavy atom. The molecule has 1 fully saturated rings. The Balaban J connectivity index is 1.74. The Hall–Kier alpha value is -2.24. The number of hydrogen-bond donors (Lipinski definition) is 0. The van der Waals surface area contributed by atoms with Crippen LogP contribution in [-0.2, 0) is 4.79 Å². The van der Waals surface area contributed by atoms with Gasteiger partial charge in [-0.25, -0.2) is 4.39 Å². The van der Waals surface area contributed by atoms with Crippen LogP contribution >= 0.6 is 0 Å². The molecule has 24 heavy (non-hydrogen) atoms. The number of aromatic nitrogens is 2. The number of hydrogen-bond acceptors (Lipinski definition) is 4. The van der Waals surface area contributed by atoms with Crippen LogP contribution in [0.4, 0.5) is 4.39 Å². The average Bonchev–Trinajstić information content (AvgIpc) is 3.11. The third-order valence-corrected chi connectivity index (χ3v) is 4.64. The van der Waals surface area contributed by atoms with Gasteiger partial charge in [0.15, 0.2) is 0 Å². The van der Waals surface area contributed by atoms with Crippen molar-refractivity contribution in [1.82, 2.24) is 15.0 Å². The summed E-state index contributed by atoms with van der Waals surface area (Å²) in [6.45, 7) is 5.37. The fourth-order valence-electron chi connectivity index (χ4n) is 3.01. The fourth-order valence-corrected chi connectivity index (χ4v) is 3.01. The lowest BCUT2D eigenvalue weighted by Crippen LogP contribution is -2.41. The zero-order chi connectivity index (χ0) is 17.1. The fraction of sp³-hybridized carbons (Fsp3) is 0.500. The van der Waals surface area contributed by atoms with Crippen LogP contribution < -0.4 is 0 Å². The lowest BCUT2D eigenvalue weighted by molar-refractivity contribution is -0.136. The Kier molecular flexibility index (Phi) is 4.92. The van der Waals surface area contributed by atoms with Crippen LogP contribution in [0.3, 0.4) is 0 Å². The molecule has 2 atom stereocenters. The van der Waals surface area contributed by atoms with Crippen molar-refractivity contribution in [1.29, 1.82) is 0 Å². The predicted molar refractivity (Wildman–Crippen MR) is 87.7 cm³/mol. The van der Waals surface area contributed by atoms with Crippen molar-refractivity contribution in [2.75, 3.05) is 13.1 Å². The lowest BCUT2D eigenvalue weighted by Gasteiger charge is -2.32. The molecule has 6 heteroatoms. The van der Waals surface area contributed by atoms with Gasteiger partial charge < -0.3 is 9.42 Å². The predicted octanol–water partition coefficient (Wildman–Crippen LogP) is 3.63. The number of halogens is 1. The van der Waals surface area contributed by atoms with E-state index in [1.54, 1.807) is 12.1 Å². The van der Waals surface area contributed by atoms with E-state index in [1.807, 2.05) is 18.7 Å². The van der Waals surface area contributed by atoms with Crippen LogP contribution in [0, 0.1) is 11.7 Å². The summed E-state index contributed by atoms with van der Waals surface area (Å²) in [6, 6.07) is 6.13. The van der Waals surface area contributed by atoms with E-state index in [9.17, 15) is 9.18 Å². The summed E-state index contributed by atoms with van der Waals surface area (Å²) in [5, 5.41) is 3.97. The van der Waals surface area contributed by atoms with Gasteiger partial charge in [0.2, 0.25) is 17.6 Å². The molecule has 0 bridgehead atoms. The summed E-state index contributed by atoms with van der Waals surface area (Å²) in [5.41, 5.74) is 0.591. The van der Waals surface area contributed by atoms with E-state index in [0.29, 0.717) is 23.8 Å². The van der Waals surface area contributed by atoms with Crippen LogP contribution in [0.5, 0.6) is 0 Å². The summed E-state index contributed by atoms with van der Waals surface area (Å²) in [5.74, 6) is 0.843. The normalized spacial score (nSPS) is 19.3. The smallest absolute Gasteiger partial charge is 0.231 e. The topological polar surface area (TPSA) is 59.2 Å². The summed E-state index contributed by atoms with van der Waals surface area (Å²) in [4.78, 5) is 18.7. The molecule has 0 radical (unpaired) electrons. The molecule has 2 aromatic rings. The Morgan fingerprint density at radius 2 is 2.33 bits per heavy atom. The van der Waals surface area contributed by atoms with Crippen LogP contribution in [-0.4, -0.2) is 34.0 Å². The largest absolute Gasteiger partial charge is 0.342 e. The molecular weight excluding hydrogens is 309 g/mol. The molecule has 0 unspecified atom stereocenters. The van der Waals surface area contributed by atoms with Crippen molar-refractivity contribution in [2.24, 2.45) is 5.92 Å². The molecule has 0 saturated carbocycles. The van der Waals surface area contributed by atoms with E-state index in [1.165, 1.54) is 12.1 Å². The van der Waals surface area contributed by atoms with Gasteiger partial charge in [0.05, 0.1) is 5.92 Å². The minimum Gasteiger partial charge on any atom is -0.342 e. The van der Waals surface area contributed by atoms with Crippen LogP contribution in [0.1, 0.15) is 44.9 Å². The highest BCUT2D eigenvalue weighted by molar-refractivity contribution is 5.78. The molecular formula is C18H22FN3O2. The van der Waals surface area contributed by atoms with E-state index in [0.717, 1.165) is 25.8 Å². The van der Waals surface area contributed by atoms with Crippen molar-refractivity contribution < 1.29 is 13.7 Å². The number of carbonyl (C=O) groups excluding carboxylic acids is 1. The van der Waals surface area contributed by atoms with Gasteiger partial charge in [-0.15, -0.1) is 0 Å². The SMILES string of the molecule is CC[C@H](C)C(=O)N1CCC[C@@H](c2nc(-c3cccc(F)c3)no2)C1. The second-order valence-electron chi connectivity index (χ2n) is 6.40. The van der Waals surface area contributed by atoms with Crippen LogP contribution in [0.25, 0.3) is 11.4 Å². The van der Waals surface area contributed by atoms with Gasteiger partial charge in [0, 0.05) is 24.6 Å². The quantitative estimate of drug-likeness (QED) is 0.858. The molecule has 1 aliphatic heterocycles. The highest BCUT2D eigenvalue weighted by Gasteiger charge is 2.30. The number of carbonyl (C=O) groups is 1. The zero-order valence-electron chi connectivity index (χ0n) is 14.0. The standard InChI is InChI=1S/C18H22FN3O2/c1-3-12(2)18(23)22-9-5-7-14(11-22)17-20-16(21-24-17)13-6-4-8-15(19)10-13/h4,6,8,10,12,14H,3,5,7,9,11H2,1-2H3/t12-,14+/m0/s1. The first kappa shape index (κ1) is 16.6. The maximum absolute atomic E-state index is 13.3. The molecule has 2 heterocycles. The third kappa shape index (κ3) is 3.47. The highest BCUT2D eigenvalue weighted by Crippen LogP contribution is 2.28. The lowest BCUT2D eigenvalue weighted by atomic mass is 9.96. The Morgan fingerprint density at radius 3 is 3.08 bits per heavy atom. The molecule has 3 rings (SSSR count). The number of rotatable bonds is 4. The number of likely N-dealkylation sites (tertiary alicyclic amines) is 1. The number of amides is 1. The van der Waals surface area contributed by atoms with Crippen molar-refractivity contribution in [3.05, 3.63) is 36.0 Å². The molecule has 0 spiro atoms. The molecule has 1 aromatic carbocycles. The maximum Gasteiger partial charge on any atom is 0.231 e. The maximum atomic E-state index is 13.3. The van der Waals surface area contributed by atoms with Gasteiger partial charge in [-0.1, -0.05) is 31.1 Å². The van der Waals surface area contributed by atoms with E-state index in [4.69, 9.17) is 4.52 Å². The van der Waals surface area contributed by atoms with E-state index >= 15 is 0 Å². The molecule has 128 valence electrons. The molecule has 0 aliphatic carbocycles. The van der Waals surface area contributed by atoms with E-state index in [2.05, 4.69) is 10.1 Å². The van der Waals surface area contributed by atoms with Crippen LogP contribution in [0.2, 0.25) is 0 Å². The second kappa shape index (κ2) is 7.11. The third-order valence-electron chi connectivity index (χ3n) is 4.64. The number of nitrogens with zero attached hydrogens (tertiary/aromatic N) is 3. The first-order valence-corrected chi connectivity index (χ1v) is 8.46. The zero-order valence-corrected chi connectivity index (χ0v) is 14.0. The Labute approximate surface area is 140 Å². The van der Waals surface area contributed by atoms with Gasteiger partial charge >= 0.3 is 0 Å². The average molecular weight is 331 g/mol. The minimum absolute atomic E-state index is 0.0364. The molecule has 1 amide bonds. The molecule has 5 nitrogen and oxygen atoms in total. The van der Waals surface area contributed by atoms with Crippen molar-refractivity contribution in [3.63, 3.8) is 0 Å². The van der Waals surface area contributed by atoms with E-state index < -0.39 is 0 Å². The monoisotopic (exact) mass is 331 g/mol. The number of benzene rings is 1. The van der Waals surface area contributed by atoms with E-state index in [-0.39, 0.29) is 23.6 Å². The van der Waals surface area contributed by atoms with Crippen LogP contribution in [0.15, 0.2) is 28.8 Å². The summed E-state index contributed by atoms with van der Waals surface area (Å²) < 4.78 is 18.7. The molecule has 1 saturated heterocycles.